The van der Waals surface area contributed by atoms with Gasteiger partial charge in [-0.3, -0.25) is 9.69 Å². The number of carbonyl (C=O) groups is 1. The first-order valence-electron chi connectivity index (χ1n) is 7.95. The topological polar surface area (TPSA) is 97.3 Å². The van der Waals surface area contributed by atoms with Crippen LogP contribution in [-0.2, 0) is 17.9 Å². The van der Waals surface area contributed by atoms with Crippen molar-refractivity contribution < 1.29 is 9.32 Å². The van der Waals surface area contributed by atoms with Crippen molar-refractivity contribution in [1.82, 2.24) is 15.0 Å². The van der Waals surface area contributed by atoms with Gasteiger partial charge in [-0.2, -0.15) is 4.98 Å². The lowest BCUT2D eigenvalue weighted by Crippen LogP contribution is -2.38. The highest BCUT2D eigenvalue weighted by atomic mass is 79.9. The van der Waals surface area contributed by atoms with E-state index in [1.165, 1.54) is 0 Å². The van der Waals surface area contributed by atoms with Gasteiger partial charge in [0.1, 0.15) is 0 Å². The molecule has 0 saturated carbocycles. The number of carbonyl (C=O) groups excluding carboxylic acids is 1. The van der Waals surface area contributed by atoms with Gasteiger partial charge in [0.15, 0.2) is 5.82 Å². The fraction of sp³-hybridized carbons (Fsp3) is 0.438. The number of anilines is 1. The molecule has 2 heterocycles. The number of hydrogen-bond donors (Lipinski definition) is 2. The Balaban J connectivity index is 0.00000225. The number of hydrogen-bond acceptors (Lipinski definition) is 6. The Labute approximate surface area is 160 Å². The number of rotatable bonds is 5. The quantitative estimate of drug-likeness (QED) is 0.756. The largest absolute Gasteiger partial charge is 0.338 e. The Morgan fingerprint density at radius 2 is 2.08 bits per heavy atom. The van der Waals surface area contributed by atoms with Crippen LogP contribution in [0.4, 0.5) is 5.69 Å². The maximum Gasteiger partial charge on any atom is 0.240 e. The van der Waals surface area contributed by atoms with Crippen LogP contribution >= 0.6 is 28.3 Å². The molecule has 0 radical (unpaired) electrons. The first-order chi connectivity index (χ1) is 11.7. The summed E-state index contributed by atoms with van der Waals surface area (Å²) in [5.41, 5.74) is 6.28. The SMILES string of the molecule is Cl.NCc1nc(CN2CCC(C(=O)Nc3ccccc3Br)CC2)no1. The Morgan fingerprint density at radius 1 is 1.36 bits per heavy atom. The molecule has 0 spiro atoms. The summed E-state index contributed by atoms with van der Waals surface area (Å²) in [6.45, 7) is 2.55. The Bertz CT molecular complexity index is 703. The molecule has 1 amide bonds. The molecule has 1 aliphatic heterocycles. The number of aromatic nitrogens is 2. The highest BCUT2D eigenvalue weighted by Crippen LogP contribution is 2.24. The molecule has 25 heavy (non-hydrogen) atoms. The number of nitrogens with two attached hydrogens (primary N) is 1. The minimum atomic E-state index is 0. The second-order valence-corrected chi connectivity index (χ2v) is 6.68. The number of para-hydroxylation sites is 1. The fourth-order valence-electron chi connectivity index (χ4n) is 2.79. The lowest BCUT2D eigenvalue weighted by Gasteiger charge is -2.30. The fourth-order valence-corrected chi connectivity index (χ4v) is 3.17. The molecular weight excluding hydrogens is 410 g/mol. The lowest BCUT2D eigenvalue weighted by atomic mass is 9.96. The standard InChI is InChI=1S/C16H20BrN5O2.ClH/c17-12-3-1-2-4-13(12)19-16(23)11-5-7-22(8-6-11)10-14-20-15(9-18)24-21-14;/h1-4,11H,5-10,18H2,(H,19,23);1H. The predicted octanol–water partition coefficient (Wildman–Crippen LogP) is 2.56. The van der Waals surface area contributed by atoms with Crippen LogP contribution in [0.15, 0.2) is 33.3 Å². The van der Waals surface area contributed by atoms with E-state index in [2.05, 4.69) is 36.3 Å². The molecule has 3 N–H and O–H groups in total. The number of benzene rings is 1. The molecule has 1 saturated heterocycles. The third kappa shape index (κ3) is 5.24. The van der Waals surface area contributed by atoms with E-state index in [1.54, 1.807) is 0 Å². The van der Waals surface area contributed by atoms with E-state index in [0.717, 1.165) is 36.1 Å². The van der Waals surface area contributed by atoms with Crippen LogP contribution in [0.2, 0.25) is 0 Å². The molecule has 0 bridgehead atoms. The second-order valence-electron chi connectivity index (χ2n) is 5.83. The van der Waals surface area contributed by atoms with Gasteiger partial charge in [-0.05, 0) is 54.0 Å². The summed E-state index contributed by atoms with van der Waals surface area (Å²) in [4.78, 5) is 18.9. The average molecular weight is 431 g/mol. The predicted molar refractivity (Wildman–Crippen MR) is 100 cm³/mol. The van der Waals surface area contributed by atoms with Crippen molar-refractivity contribution in [3.8, 4) is 0 Å². The van der Waals surface area contributed by atoms with Crippen LogP contribution in [0.3, 0.4) is 0 Å². The highest BCUT2D eigenvalue weighted by Gasteiger charge is 2.26. The van der Waals surface area contributed by atoms with E-state index in [4.69, 9.17) is 10.3 Å². The zero-order valence-corrected chi connectivity index (χ0v) is 16.1. The van der Waals surface area contributed by atoms with Gasteiger partial charge in [-0.1, -0.05) is 17.3 Å². The van der Waals surface area contributed by atoms with E-state index in [-0.39, 0.29) is 30.8 Å². The summed E-state index contributed by atoms with van der Waals surface area (Å²) < 4.78 is 5.90. The smallest absolute Gasteiger partial charge is 0.240 e. The van der Waals surface area contributed by atoms with E-state index in [9.17, 15) is 4.79 Å². The summed E-state index contributed by atoms with van der Waals surface area (Å²) in [6.07, 6.45) is 1.63. The number of halogens is 2. The minimum Gasteiger partial charge on any atom is -0.338 e. The Kier molecular flexibility index (Phi) is 7.37. The van der Waals surface area contributed by atoms with Gasteiger partial charge in [0.05, 0.1) is 18.8 Å². The van der Waals surface area contributed by atoms with Crippen molar-refractivity contribution in [2.24, 2.45) is 11.7 Å². The van der Waals surface area contributed by atoms with Crippen LogP contribution < -0.4 is 11.1 Å². The van der Waals surface area contributed by atoms with Gasteiger partial charge in [-0.25, -0.2) is 0 Å². The molecule has 9 heteroatoms. The Morgan fingerprint density at radius 3 is 2.72 bits per heavy atom. The zero-order chi connectivity index (χ0) is 16.9. The summed E-state index contributed by atoms with van der Waals surface area (Å²) >= 11 is 3.45. The molecular formula is C16H21BrClN5O2. The van der Waals surface area contributed by atoms with Crippen LogP contribution in [0.1, 0.15) is 24.6 Å². The number of nitrogens with one attached hydrogen (secondary N) is 1. The highest BCUT2D eigenvalue weighted by molar-refractivity contribution is 9.10. The zero-order valence-electron chi connectivity index (χ0n) is 13.7. The number of piperidine rings is 1. The first kappa shape index (κ1) is 19.8. The summed E-state index contributed by atoms with van der Waals surface area (Å²) in [5, 5.41) is 6.91. The molecule has 2 aromatic rings. The van der Waals surface area contributed by atoms with Crippen molar-refractivity contribution in [3.63, 3.8) is 0 Å². The maximum absolute atomic E-state index is 12.4. The average Bonchev–Trinajstić information content (AvgIpc) is 3.05. The van der Waals surface area contributed by atoms with Gasteiger partial charge >= 0.3 is 0 Å². The molecule has 1 aromatic carbocycles. The summed E-state index contributed by atoms with van der Waals surface area (Å²) in [7, 11) is 0. The molecule has 3 rings (SSSR count). The van der Waals surface area contributed by atoms with E-state index in [0.29, 0.717) is 18.3 Å². The molecule has 1 aromatic heterocycles. The van der Waals surface area contributed by atoms with Crippen molar-refractivity contribution in [2.45, 2.75) is 25.9 Å². The van der Waals surface area contributed by atoms with Gasteiger partial charge in [-0.15, -0.1) is 12.4 Å². The Hall–Kier alpha value is -1.48. The molecule has 0 unspecified atom stereocenters. The van der Waals surface area contributed by atoms with E-state index >= 15 is 0 Å². The third-order valence-corrected chi connectivity index (χ3v) is 4.83. The first-order valence-corrected chi connectivity index (χ1v) is 8.74. The number of amides is 1. The van der Waals surface area contributed by atoms with Gasteiger partial charge in [0, 0.05) is 10.4 Å². The lowest BCUT2D eigenvalue weighted by molar-refractivity contribution is -0.121. The van der Waals surface area contributed by atoms with E-state index in [1.807, 2.05) is 24.3 Å². The second kappa shape index (κ2) is 9.28. The monoisotopic (exact) mass is 429 g/mol. The van der Waals surface area contributed by atoms with E-state index < -0.39 is 0 Å². The summed E-state index contributed by atoms with van der Waals surface area (Å²) in [5.74, 6) is 1.20. The van der Waals surface area contributed by atoms with Crippen molar-refractivity contribution in [1.29, 1.82) is 0 Å². The van der Waals surface area contributed by atoms with Crippen LogP contribution in [0.5, 0.6) is 0 Å². The van der Waals surface area contributed by atoms with Crippen LogP contribution in [-0.4, -0.2) is 34.0 Å². The maximum atomic E-state index is 12.4. The van der Waals surface area contributed by atoms with Gasteiger partial charge in [0.2, 0.25) is 11.8 Å². The minimum absolute atomic E-state index is 0. The normalized spacial score (nSPS) is 15.6. The molecule has 1 fully saturated rings. The van der Waals surface area contributed by atoms with Crippen molar-refractivity contribution >= 4 is 39.9 Å². The molecule has 0 atom stereocenters. The van der Waals surface area contributed by atoms with Crippen LogP contribution in [0, 0.1) is 5.92 Å². The van der Waals surface area contributed by atoms with Crippen LogP contribution in [0.25, 0.3) is 0 Å². The van der Waals surface area contributed by atoms with Crippen molar-refractivity contribution in [3.05, 3.63) is 40.5 Å². The number of nitrogens with zero attached hydrogens (tertiary/aromatic N) is 3. The molecule has 0 aliphatic carbocycles. The van der Waals surface area contributed by atoms with Gasteiger partial charge in [0.25, 0.3) is 0 Å². The molecule has 136 valence electrons. The van der Waals surface area contributed by atoms with Crippen molar-refractivity contribution in [2.75, 3.05) is 18.4 Å². The third-order valence-electron chi connectivity index (χ3n) is 4.14. The summed E-state index contributed by atoms with van der Waals surface area (Å²) in [6, 6.07) is 7.64. The molecule has 1 aliphatic rings. The molecule has 7 nitrogen and oxygen atoms in total. The van der Waals surface area contributed by atoms with Gasteiger partial charge < -0.3 is 15.6 Å². The number of likely N-dealkylation sites (tertiary alicyclic amines) is 1.